The molecule has 0 aromatic rings. The molecule has 0 aromatic heterocycles. The first-order chi connectivity index (χ1) is 6.11. The summed E-state index contributed by atoms with van der Waals surface area (Å²) in [5.41, 5.74) is 5.55. The Kier molecular flexibility index (Phi) is 3.42. The predicted octanol–water partition coefficient (Wildman–Crippen LogP) is 0.263. The smallest absolute Gasteiger partial charge is 0.229 e. The van der Waals surface area contributed by atoms with Gasteiger partial charge in [-0.3, -0.25) is 14.5 Å². The van der Waals surface area contributed by atoms with Gasteiger partial charge in [0.25, 0.3) is 0 Å². The summed E-state index contributed by atoms with van der Waals surface area (Å²) >= 11 is 0. The molecule has 0 aliphatic carbocycles. The molecule has 2 amide bonds. The number of hydrogen-bond acceptors (Lipinski definition) is 3. The van der Waals surface area contributed by atoms with E-state index in [4.69, 9.17) is 5.73 Å². The Morgan fingerprint density at radius 1 is 1.31 bits per heavy atom. The summed E-state index contributed by atoms with van der Waals surface area (Å²) in [6.45, 7) is 2.16. The first kappa shape index (κ1) is 10.2. The van der Waals surface area contributed by atoms with E-state index in [1.54, 1.807) is 6.92 Å². The molecule has 74 valence electrons. The number of nitrogens with two attached hydrogens (primary N) is 1. The summed E-state index contributed by atoms with van der Waals surface area (Å²) in [4.78, 5) is 24.1. The largest absolute Gasteiger partial charge is 0.326 e. The average molecular weight is 184 g/mol. The Morgan fingerprint density at radius 3 is 2.15 bits per heavy atom. The Balaban J connectivity index is 2.63. The Hall–Kier alpha value is -0.900. The fourth-order valence-corrected chi connectivity index (χ4v) is 1.45. The van der Waals surface area contributed by atoms with Gasteiger partial charge in [-0.25, -0.2) is 0 Å². The van der Waals surface area contributed by atoms with Crippen molar-refractivity contribution in [3.05, 3.63) is 0 Å². The number of hydrogen-bond donors (Lipinski definition) is 1. The fourth-order valence-electron chi connectivity index (χ4n) is 1.45. The van der Waals surface area contributed by atoms with E-state index in [1.165, 1.54) is 4.90 Å². The van der Waals surface area contributed by atoms with Crippen LogP contribution in [0, 0.1) is 0 Å². The highest BCUT2D eigenvalue weighted by molar-refractivity contribution is 5.96. The van der Waals surface area contributed by atoms with Gasteiger partial charge in [0.2, 0.25) is 11.8 Å². The van der Waals surface area contributed by atoms with Crippen molar-refractivity contribution >= 4 is 11.8 Å². The van der Waals surface area contributed by atoms with Crippen LogP contribution >= 0.6 is 0 Å². The zero-order valence-electron chi connectivity index (χ0n) is 7.95. The molecule has 0 aromatic carbocycles. The molecular weight excluding hydrogens is 168 g/mol. The van der Waals surface area contributed by atoms with E-state index in [2.05, 4.69) is 0 Å². The third-order valence-corrected chi connectivity index (χ3v) is 2.10. The summed E-state index contributed by atoms with van der Waals surface area (Å²) in [6.07, 6.45) is 2.61. The molecule has 1 aliphatic rings. The first-order valence-electron chi connectivity index (χ1n) is 4.70. The fraction of sp³-hybridized carbons (Fsp3) is 0.778. The summed E-state index contributed by atoms with van der Waals surface area (Å²) < 4.78 is 0. The van der Waals surface area contributed by atoms with Crippen molar-refractivity contribution in [3.8, 4) is 0 Å². The van der Waals surface area contributed by atoms with Gasteiger partial charge in [-0.15, -0.1) is 0 Å². The van der Waals surface area contributed by atoms with Crippen LogP contribution < -0.4 is 5.73 Å². The van der Waals surface area contributed by atoms with E-state index in [1.807, 2.05) is 0 Å². The standard InChI is InChI=1S/C9H16N2O2/c1-7(10)6-11-8(12)4-2-3-5-9(11)13/h7H,2-6,10H2,1H3. The number of carbonyl (C=O) groups excluding carboxylic acids is 2. The van der Waals surface area contributed by atoms with Crippen LogP contribution in [0.4, 0.5) is 0 Å². The van der Waals surface area contributed by atoms with Crippen LogP contribution in [0.3, 0.4) is 0 Å². The highest BCUT2D eigenvalue weighted by Gasteiger charge is 2.24. The highest BCUT2D eigenvalue weighted by Crippen LogP contribution is 2.12. The van der Waals surface area contributed by atoms with Gasteiger partial charge in [-0.1, -0.05) is 0 Å². The lowest BCUT2D eigenvalue weighted by atomic mass is 10.2. The monoisotopic (exact) mass is 184 g/mol. The van der Waals surface area contributed by atoms with Crippen molar-refractivity contribution in [2.24, 2.45) is 5.73 Å². The molecule has 1 aliphatic heterocycles. The molecule has 1 rings (SSSR count). The number of imide groups is 1. The lowest BCUT2D eigenvalue weighted by molar-refractivity contribution is -0.144. The van der Waals surface area contributed by atoms with Crippen LogP contribution in [-0.2, 0) is 9.59 Å². The summed E-state index contributed by atoms with van der Waals surface area (Å²) in [7, 11) is 0. The summed E-state index contributed by atoms with van der Waals surface area (Å²) in [6, 6.07) is -0.133. The lowest BCUT2D eigenvalue weighted by Crippen LogP contribution is -2.42. The molecule has 1 heterocycles. The predicted molar refractivity (Wildman–Crippen MR) is 48.8 cm³/mol. The molecule has 4 heteroatoms. The van der Waals surface area contributed by atoms with E-state index in [0.717, 1.165) is 12.8 Å². The van der Waals surface area contributed by atoms with E-state index >= 15 is 0 Å². The van der Waals surface area contributed by atoms with Crippen LogP contribution in [0.15, 0.2) is 0 Å². The van der Waals surface area contributed by atoms with Crippen molar-refractivity contribution < 1.29 is 9.59 Å². The van der Waals surface area contributed by atoms with Gasteiger partial charge in [-0.2, -0.15) is 0 Å². The van der Waals surface area contributed by atoms with Crippen molar-refractivity contribution in [1.82, 2.24) is 4.90 Å². The molecule has 0 spiro atoms. The van der Waals surface area contributed by atoms with Gasteiger partial charge >= 0.3 is 0 Å². The first-order valence-corrected chi connectivity index (χ1v) is 4.70. The Labute approximate surface area is 78.1 Å². The maximum atomic E-state index is 11.4. The summed E-state index contributed by atoms with van der Waals surface area (Å²) in [5.74, 6) is -0.139. The molecular formula is C9H16N2O2. The minimum absolute atomic E-state index is 0.0696. The second-order valence-electron chi connectivity index (χ2n) is 3.58. The number of nitrogens with zero attached hydrogens (tertiary/aromatic N) is 1. The Morgan fingerprint density at radius 2 is 1.77 bits per heavy atom. The lowest BCUT2D eigenvalue weighted by Gasteiger charge is -2.20. The molecule has 0 bridgehead atoms. The molecule has 0 saturated carbocycles. The molecule has 13 heavy (non-hydrogen) atoms. The number of likely N-dealkylation sites (tertiary alicyclic amines) is 1. The van der Waals surface area contributed by atoms with E-state index in [-0.39, 0.29) is 17.9 Å². The SMILES string of the molecule is CC(N)CN1C(=O)CCCCC1=O. The molecule has 4 nitrogen and oxygen atoms in total. The second-order valence-corrected chi connectivity index (χ2v) is 3.58. The zero-order chi connectivity index (χ0) is 9.84. The van der Waals surface area contributed by atoms with Crippen molar-refractivity contribution in [3.63, 3.8) is 0 Å². The van der Waals surface area contributed by atoms with Gasteiger partial charge < -0.3 is 5.73 Å². The van der Waals surface area contributed by atoms with Gasteiger partial charge in [0.15, 0.2) is 0 Å². The van der Waals surface area contributed by atoms with Crippen molar-refractivity contribution in [1.29, 1.82) is 0 Å². The van der Waals surface area contributed by atoms with Gasteiger partial charge in [0, 0.05) is 25.4 Å². The van der Waals surface area contributed by atoms with Crippen molar-refractivity contribution in [2.75, 3.05) is 6.54 Å². The third-order valence-electron chi connectivity index (χ3n) is 2.10. The molecule has 1 fully saturated rings. The van der Waals surface area contributed by atoms with E-state index in [9.17, 15) is 9.59 Å². The zero-order valence-corrected chi connectivity index (χ0v) is 7.95. The molecule has 2 N–H and O–H groups in total. The molecule has 0 radical (unpaired) electrons. The number of rotatable bonds is 2. The molecule has 1 saturated heterocycles. The topological polar surface area (TPSA) is 63.4 Å². The quantitative estimate of drug-likeness (QED) is 0.626. The van der Waals surface area contributed by atoms with Gasteiger partial charge in [0.1, 0.15) is 0 Å². The average Bonchev–Trinajstić information content (AvgIpc) is 2.18. The number of carbonyl (C=O) groups is 2. The van der Waals surface area contributed by atoms with Gasteiger partial charge in [0.05, 0.1) is 0 Å². The minimum atomic E-state index is -0.133. The number of amides is 2. The van der Waals surface area contributed by atoms with Crippen LogP contribution in [-0.4, -0.2) is 29.3 Å². The van der Waals surface area contributed by atoms with Crippen LogP contribution in [0.2, 0.25) is 0 Å². The van der Waals surface area contributed by atoms with Crippen LogP contribution in [0.5, 0.6) is 0 Å². The second kappa shape index (κ2) is 4.37. The van der Waals surface area contributed by atoms with E-state index in [0.29, 0.717) is 19.4 Å². The highest BCUT2D eigenvalue weighted by atomic mass is 16.2. The maximum absolute atomic E-state index is 11.4. The summed E-state index contributed by atoms with van der Waals surface area (Å²) in [5, 5.41) is 0. The maximum Gasteiger partial charge on any atom is 0.229 e. The normalized spacial score (nSPS) is 21.5. The van der Waals surface area contributed by atoms with Crippen molar-refractivity contribution in [2.45, 2.75) is 38.6 Å². The van der Waals surface area contributed by atoms with Crippen LogP contribution in [0.25, 0.3) is 0 Å². The van der Waals surface area contributed by atoms with E-state index < -0.39 is 0 Å². The molecule has 1 unspecified atom stereocenters. The molecule has 1 atom stereocenters. The van der Waals surface area contributed by atoms with Gasteiger partial charge in [-0.05, 0) is 19.8 Å². The minimum Gasteiger partial charge on any atom is -0.326 e. The third kappa shape index (κ3) is 2.81. The Bertz CT molecular complexity index is 196. The van der Waals surface area contributed by atoms with Crippen LogP contribution in [0.1, 0.15) is 32.6 Å².